The smallest absolute Gasteiger partial charge is 0.219 e. The van der Waals surface area contributed by atoms with E-state index in [9.17, 15) is 14.4 Å². The Bertz CT molecular complexity index is 477. The first-order valence-electron chi connectivity index (χ1n) is 11.9. The molecule has 1 amide bonds. The number of ketones is 2. The van der Waals surface area contributed by atoms with E-state index >= 15 is 0 Å². The monoisotopic (exact) mass is 435 g/mol. The van der Waals surface area contributed by atoms with Crippen LogP contribution in [0, 0.1) is 11.3 Å². The van der Waals surface area contributed by atoms with E-state index in [4.69, 9.17) is 11.5 Å². The lowest BCUT2D eigenvalue weighted by molar-refractivity contribution is -0.128. The second-order valence-electron chi connectivity index (χ2n) is 8.11. The molecule has 0 aliphatic heterocycles. The zero-order valence-electron chi connectivity index (χ0n) is 21.3. The molecule has 0 aromatic rings. The molecule has 0 radical (unpaired) electrons. The highest BCUT2D eigenvalue weighted by atomic mass is 16.1. The molecule has 30 heavy (non-hydrogen) atoms. The Balaban J connectivity index is -0.000000245. The summed E-state index contributed by atoms with van der Waals surface area (Å²) in [5, 5.41) is 2.86. The van der Waals surface area contributed by atoms with E-state index in [1.807, 2.05) is 62.3 Å². The highest BCUT2D eigenvalue weighted by Crippen LogP contribution is 2.23. The van der Waals surface area contributed by atoms with Crippen molar-refractivity contribution in [3.63, 3.8) is 0 Å². The molecule has 0 spiro atoms. The quantitative estimate of drug-likeness (QED) is 0.328. The number of carbonyl (C=O) groups is 3. The van der Waals surface area contributed by atoms with E-state index in [-0.39, 0.29) is 33.1 Å². The molecule has 2 unspecified atom stereocenters. The van der Waals surface area contributed by atoms with Gasteiger partial charge in [-0.3, -0.25) is 14.4 Å². The van der Waals surface area contributed by atoms with Crippen molar-refractivity contribution in [1.29, 1.82) is 0 Å². The van der Waals surface area contributed by atoms with Gasteiger partial charge >= 0.3 is 0 Å². The first-order valence-corrected chi connectivity index (χ1v) is 11.9. The summed E-state index contributed by atoms with van der Waals surface area (Å²) in [7, 11) is 0. The normalized spacial score (nSPS) is 12.7. The van der Waals surface area contributed by atoms with Crippen LogP contribution >= 0.6 is 0 Å². The van der Waals surface area contributed by atoms with Crippen molar-refractivity contribution >= 4 is 17.5 Å². The van der Waals surface area contributed by atoms with Gasteiger partial charge in [0, 0.05) is 28.6 Å². The van der Waals surface area contributed by atoms with Crippen LogP contribution in [0.25, 0.3) is 0 Å². The zero-order chi connectivity index (χ0) is 24.3. The third-order valence-corrected chi connectivity index (χ3v) is 5.01. The Hall–Kier alpha value is -1.27. The third kappa shape index (κ3) is 15.6. The van der Waals surface area contributed by atoms with Crippen LogP contribution in [0.1, 0.15) is 112 Å². The number of carbonyl (C=O) groups excluding carboxylic acids is 3. The number of nitrogens with two attached hydrogens (primary N) is 2. The number of Topliss-reactive ketones (excluding diaryl/α,β-unsaturated/α-hetero) is 2. The lowest BCUT2D eigenvalue weighted by atomic mass is 9.81. The molecule has 0 saturated heterocycles. The maximum Gasteiger partial charge on any atom is 0.219 e. The maximum absolute atomic E-state index is 12.2. The predicted molar refractivity (Wildman–Crippen MR) is 135 cm³/mol. The van der Waals surface area contributed by atoms with Gasteiger partial charge in [0.2, 0.25) is 5.91 Å². The molecule has 0 aromatic carbocycles. The highest BCUT2D eigenvalue weighted by Gasteiger charge is 2.29. The molecular formula is C24H57N3O3. The van der Waals surface area contributed by atoms with Crippen molar-refractivity contribution in [1.82, 2.24) is 5.32 Å². The van der Waals surface area contributed by atoms with Gasteiger partial charge in [-0.2, -0.15) is 0 Å². The topological polar surface area (TPSA) is 115 Å². The lowest BCUT2D eigenvalue weighted by Crippen LogP contribution is -2.40. The van der Waals surface area contributed by atoms with Gasteiger partial charge in [0.15, 0.2) is 11.6 Å². The summed E-state index contributed by atoms with van der Waals surface area (Å²) in [4.78, 5) is 35.7. The Kier molecular flexibility index (Phi) is 21.9. The predicted octanol–water partition coefficient (Wildman–Crippen LogP) is 5.12. The van der Waals surface area contributed by atoms with Crippen LogP contribution in [-0.2, 0) is 14.4 Å². The molecule has 0 bridgehead atoms. The summed E-state index contributed by atoms with van der Waals surface area (Å²) in [6, 6.07) is -0.908. The fourth-order valence-electron chi connectivity index (χ4n) is 2.67. The van der Waals surface area contributed by atoms with Crippen LogP contribution in [-0.4, -0.2) is 36.1 Å². The minimum absolute atomic E-state index is 0. The number of hydrogen-bond donors (Lipinski definition) is 3. The van der Waals surface area contributed by atoms with Crippen LogP contribution in [0.15, 0.2) is 0 Å². The average Bonchev–Trinajstić information content (AvgIpc) is 2.74. The largest absolute Gasteiger partial charge is 0.356 e. The summed E-state index contributed by atoms with van der Waals surface area (Å²) in [5.74, 6) is 0.0560. The Morgan fingerprint density at radius 3 is 1.87 bits per heavy atom. The second kappa shape index (κ2) is 19.7. The molecule has 186 valence electrons. The summed E-state index contributed by atoms with van der Waals surface area (Å²) < 4.78 is 0. The summed E-state index contributed by atoms with van der Waals surface area (Å²) in [6.07, 6.45) is 4.55. The second-order valence-corrected chi connectivity index (χ2v) is 8.11. The van der Waals surface area contributed by atoms with Crippen LogP contribution in [0.5, 0.6) is 0 Å². The molecular weight excluding hydrogens is 378 g/mol. The fraction of sp³-hybridized carbons (Fsp3) is 0.875. The average molecular weight is 436 g/mol. The molecule has 0 fully saturated rings. The van der Waals surface area contributed by atoms with Gasteiger partial charge < -0.3 is 16.8 Å². The van der Waals surface area contributed by atoms with E-state index < -0.39 is 12.1 Å². The minimum Gasteiger partial charge on any atom is -0.356 e. The standard InChI is InChI=1S/C20H39N3O3.2C2H6.3H2/c1-6-20(4,5)19(26)16(22)10-7-8-13-23-17(24)12-9-11-15(21)18(25)14(2)3;2*1-2;;;/h14-16H,6-13,21-22H2,1-5H3,(H,23,24);2*1-2H3;3*1H. The minimum atomic E-state index is -0.478. The first-order chi connectivity index (χ1) is 14.0. The molecule has 0 saturated carbocycles. The number of rotatable bonds is 14. The number of amides is 1. The molecule has 2 atom stereocenters. The zero-order valence-corrected chi connectivity index (χ0v) is 21.3. The van der Waals surface area contributed by atoms with Crippen LogP contribution in [0.4, 0.5) is 0 Å². The van der Waals surface area contributed by atoms with E-state index in [0.717, 1.165) is 19.3 Å². The molecule has 6 heteroatoms. The van der Waals surface area contributed by atoms with Crippen LogP contribution in [0.2, 0.25) is 0 Å². The Morgan fingerprint density at radius 1 is 0.900 bits per heavy atom. The van der Waals surface area contributed by atoms with Crippen molar-refractivity contribution in [2.75, 3.05) is 6.54 Å². The summed E-state index contributed by atoms with van der Waals surface area (Å²) in [5.41, 5.74) is 11.4. The van der Waals surface area contributed by atoms with Crippen molar-refractivity contribution in [3.05, 3.63) is 0 Å². The Labute approximate surface area is 190 Å². The third-order valence-electron chi connectivity index (χ3n) is 5.01. The van der Waals surface area contributed by atoms with Crippen molar-refractivity contribution < 1.29 is 18.7 Å². The molecule has 0 rings (SSSR count). The molecule has 5 N–H and O–H groups in total. The van der Waals surface area contributed by atoms with Gasteiger partial charge in [-0.05, 0) is 38.5 Å². The molecule has 0 aliphatic carbocycles. The van der Waals surface area contributed by atoms with E-state index in [1.165, 1.54) is 0 Å². The molecule has 0 aromatic heterocycles. The molecule has 0 aliphatic rings. The van der Waals surface area contributed by atoms with Crippen molar-refractivity contribution in [2.45, 2.75) is 119 Å². The SMILES string of the molecule is CC.CC.CCC(C)(C)C(=O)C(N)CCCCNC(=O)CCCC(N)C(=O)C(C)C.[HH].[HH].[HH]. The summed E-state index contributed by atoms with van der Waals surface area (Å²) >= 11 is 0. The van der Waals surface area contributed by atoms with Gasteiger partial charge in [0.1, 0.15) is 0 Å². The molecule has 0 heterocycles. The number of hydrogen-bond acceptors (Lipinski definition) is 5. The van der Waals surface area contributed by atoms with Gasteiger partial charge in [-0.1, -0.05) is 62.3 Å². The Morgan fingerprint density at radius 2 is 1.40 bits per heavy atom. The van der Waals surface area contributed by atoms with Gasteiger partial charge in [0.05, 0.1) is 12.1 Å². The lowest BCUT2D eigenvalue weighted by Gasteiger charge is -2.24. The van der Waals surface area contributed by atoms with E-state index in [0.29, 0.717) is 32.2 Å². The van der Waals surface area contributed by atoms with Crippen LogP contribution in [0.3, 0.4) is 0 Å². The van der Waals surface area contributed by atoms with Crippen LogP contribution < -0.4 is 16.8 Å². The first kappa shape index (κ1) is 33.4. The van der Waals surface area contributed by atoms with Gasteiger partial charge in [0.25, 0.3) is 0 Å². The van der Waals surface area contributed by atoms with Gasteiger partial charge in [-0.25, -0.2) is 0 Å². The fourth-order valence-corrected chi connectivity index (χ4v) is 2.67. The van der Waals surface area contributed by atoms with Gasteiger partial charge in [-0.15, -0.1) is 0 Å². The van der Waals surface area contributed by atoms with E-state index in [2.05, 4.69) is 5.32 Å². The van der Waals surface area contributed by atoms with Crippen molar-refractivity contribution in [2.24, 2.45) is 22.8 Å². The summed E-state index contributed by atoms with van der Waals surface area (Å²) in [6.45, 7) is 18.1. The van der Waals surface area contributed by atoms with E-state index in [1.54, 1.807) is 0 Å². The number of nitrogens with one attached hydrogen (secondary N) is 1. The van der Waals surface area contributed by atoms with Crippen molar-refractivity contribution in [3.8, 4) is 0 Å². The molecule has 6 nitrogen and oxygen atoms in total. The highest BCUT2D eigenvalue weighted by molar-refractivity contribution is 5.88. The number of unbranched alkanes of at least 4 members (excludes halogenated alkanes) is 1. The maximum atomic E-state index is 12.2.